The number of hydrogen-bond acceptors (Lipinski definition) is 6. The molecule has 2 saturated heterocycles. The van der Waals surface area contributed by atoms with Gasteiger partial charge in [0.2, 0.25) is 0 Å². The van der Waals surface area contributed by atoms with Gasteiger partial charge in [0.1, 0.15) is 30.7 Å². The Bertz CT molecular complexity index is 696. The zero-order valence-electron chi connectivity index (χ0n) is 15.9. The van der Waals surface area contributed by atoms with Crippen LogP contribution in [0, 0.1) is 0 Å². The van der Waals surface area contributed by atoms with Gasteiger partial charge in [-0.15, -0.1) is 0 Å². The molecule has 0 aliphatic carbocycles. The lowest BCUT2D eigenvalue weighted by Crippen LogP contribution is -2.28. The molecule has 0 radical (unpaired) electrons. The van der Waals surface area contributed by atoms with E-state index < -0.39 is 5.79 Å². The largest absolute Gasteiger partial charge is 0.496 e. The minimum atomic E-state index is -0.601. The number of ether oxygens (including phenoxy) is 5. The number of carbonyl (C=O) groups is 1. The average molecular weight is 362 g/mol. The molecule has 6 heteroatoms. The van der Waals surface area contributed by atoms with Crippen LogP contribution < -0.4 is 4.74 Å². The van der Waals surface area contributed by atoms with Gasteiger partial charge in [-0.05, 0) is 32.4 Å². The molecule has 1 aromatic rings. The van der Waals surface area contributed by atoms with Crippen molar-refractivity contribution in [1.82, 2.24) is 0 Å². The summed E-state index contributed by atoms with van der Waals surface area (Å²) in [5.41, 5.74) is 1.72. The predicted octanol–water partition coefficient (Wildman–Crippen LogP) is 3.08. The van der Waals surface area contributed by atoms with Crippen molar-refractivity contribution in [3.8, 4) is 5.75 Å². The second-order valence-electron chi connectivity index (χ2n) is 7.04. The highest BCUT2D eigenvalue weighted by Crippen LogP contribution is 2.39. The van der Waals surface area contributed by atoms with Crippen LogP contribution in [-0.2, 0) is 30.3 Å². The lowest BCUT2D eigenvalue weighted by Gasteiger charge is -2.21. The van der Waals surface area contributed by atoms with Crippen molar-refractivity contribution in [1.29, 1.82) is 0 Å². The summed E-state index contributed by atoms with van der Waals surface area (Å²) in [5.74, 6) is -0.260. The highest BCUT2D eigenvalue weighted by atomic mass is 16.8. The third kappa shape index (κ3) is 3.92. The number of rotatable bonds is 5. The molecule has 0 bridgehead atoms. The highest BCUT2D eigenvalue weighted by Gasteiger charge is 2.52. The molecule has 2 aliphatic rings. The van der Waals surface area contributed by atoms with Crippen LogP contribution in [0.4, 0.5) is 0 Å². The molecule has 0 saturated carbocycles. The third-order valence-corrected chi connectivity index (χ3v) is 4.60. The predicted molar refractivity (Wildman–Crippen MR) is 95.7 cm³/mol. The van der Waals surface area contributed by atoms with E-state index in [-0.39, 0.29) is 37.0 Å². The summed E-state index contributed by atoms with van der Waals surface area (Å²) < 4.78 is 28.5. The SMILES string of the molecule is COc1cccc(/C=C/[C@H]2O[C@@H](C)[C@@H]3OC(C)(C)O[C@@H]32)c1COC(C)=O. The third-order valence-electron chi connectivity index (χ3n) is 4.60. The molecule has 2 fully saturated rings. The number of fused-ring (bicyclic) bond motifs is 1. The molecule has 142 valence electrons. The summed E-state index contributed by atoms with van der Waals surface area (Å²) in [4.78, 5) is 11.2. The maximum Gasteiger partial charge on any atom is 0.302 e. The Balaban J connectivity index is 1.81. The first kappa shape index (κ1) is 18.9. The van der Waals surface area contributed by atoms with Crippen LogP contribution in [0.25, 0.3) is 6.08 Å². The Morgan fingerprint density at radius 3 is 2.69 bits per heavy atom. The monoisotopic (exact) mass is 362 g/mol. The topological polar surface area (TPSA) is 63.2 Å². The number of carbonyl (C=O) groups excluding carboxylic acids is 1. The number of esters is 1. The van der Waals surface area contributed by atoms with Gasteiger partial charge in [0.05, 0.1) is 13.2 Å². The Labute approximate surface area is 154 Å². The summed E-state index contributed by atoms with van der Waals surface area (Å²) in [6, 6.07) is 5.69. The molecule has 2 aliphatic heterocycles. The quantitative estimate of drug-likeness (QED) is 0.750. The molecular formula is C20H26O6. The van der Waals surface area contributed by atoms with E-state index in [4.69, 9.17) is 23.7 Å². The number of benzene rings is 1. The van der Waals surface area contributed by atoms with Crippen LogP contribution in [0.3, 0.4) is 0 Å². The van der Waals surface area contributed by atoms with Crippen molar-refractivity contribution in [3.05, 3.63) is 35.4 Å². The van der Waals surface area contributed by atoms with Crippen molar-refractivity contribution < 1.29 is 28.5 Å². The minimum Gasteiger partial charge on any atom is -0.496 e. The Hall–Kier alpha value is -1.89. The van der Waals surface area contributed by atoms with E-state index >= 15 is 0 Å². The fourth-order valence-corrected chi connectivity index (χ4v) is 3.45. The fraction of sp³-hybridized carbons (Fsp3) is 0.550. The maximum absolute atomic E-state index is 11.2. The van der Waals surface area contributed by atoms with Gasteiger partial charge in [-0.25, -0.2) is 0 Å². The van der Waals surface area contributed by atoms with Crippen LogP contribution in [0.5, 0.6) is 5.75 Å². The molecule has 4 atom stereocenters. The van der Waals surface area contributed by atoms with Gasteiger partial charge in [-0.1, -0.05) is 24.3 Å². The molecule has 1 aromatic carbocycles. The van der Waals surface area contributed by atoms with Gasteiger partial charge in [-0.3, -0.25) is 4.79 Å². The van der Waals surface area contributed by atoms with Crippen LogP contribution in [0.15, 0.2) is 24.3 Å². The van der Waals surface area contributed by atoms with E-state index in [1.807, 2.05) is 51.1 Å². The van der Waals surface area contributed by atoms with Crippen LogP contribution >= 0.6 is 0 Å². The van der Waals surface area contributed by atoms with Gasteiger partial charge in [-0.2, -0.15) is 0 Å². The summed E-state index contributed by atoms with van der Waals surface area (Å²) >= 11 is 0. The minimum absolute atomic E-state index is 0.0396. The van der Waals surface area contributed by atoms with E-state index in [0.29, 0.717) is 5.75 Å². The molecule has 0 spiro atoms. The van der Waals surface area contributed by atoms with E-state index in [0.717, 1.165) is 11.1 Å². The second-order valence-corrected chi connectivity index (χ2v) is 7.04. The molecule has 0 N–H and O–H groups in total. The summed E-state index contributed by atoms with van der Waals surface area (Å²) in [6.07, 6.45) is 3.46. The standard InChI is InChI=1S/C20H26O6/c1-12-18-19(26-20(3,4)25-18)17(24-12)10-9-14-7-6-8-16(22-5)15(14)11-23-13(2)21/h6-10,12,17-19H,11H2,1-5H3/b10-9+/t12-,17+,18-,19+/m0/s1. The molecule has 0 aromatic heterocycles. The van der Waals surface area contributed by atoms with Gasteiger partial charge in [0.15, 0.2) is 5.79 Å². The van der Waals surface area contributed by atoms with E-state index in [1.165, 1.54) is 6.92 Å². The van der Waals surface area contributed by atoms with Gasteiger partial charge >= 0.3 is 5.97 Å². The zero-order valence-corrected chi connectivity index (χ0v) is 15.9. The van der Waals surface area contributed by atoms with E-state index in [9.17, 15) is 4.79 Å². The molecular weight excluding hydrogens is 336 g/mol. The van der Waals surface area contributed by atoms with Crippen molar-refractivity contribution in [2.75, 3.05) is 7.11 Å². The van der Waals surface area contributed by atoms with Crippen molar-refractivity contribution in [2.24, 2.45) is 0 Å². The molecule has 6 nitrogen and oxygen atoms in total. The van der Waals surface area contributed by atoms with Crippen LogP contribution in [0.2, 0.25) is 0 Å². The molecule has 26 heavy (non-hydrogen) atoms. The molecule has 0 amide bonds. The Kier molecular flexibility index (Phi) is 5.37. The Morgan fingerprint density at radius 2 is 2.00 bits per heavy atom. The normalized spacial score (nSPS) is 29.7. The maximum atomic E-state index is 11.2. The number of hydrogen-bond donors (Lipinski definition) is 0. The van der Waals surface area contributed by atoms with Crippen molar-refractivity contribution >= 4 is 12.0 Å². The Morgan fingerprint density at radius 1 is 1.27 bits per heavy atom. The summed E-state index contributed by atoms with van der Waals surface area (Å²) in [5, 5.41) is 0. The van der Waals surface area contributed by atoms with Crippen molar-refractivity contribution in [3.63, 3.8) is 0 Å². The first-order valence-corrected chi connectivity index (χ1v) is 8.79. The lowest BCUT2D eigenvalue weighted by atomic mass is 10.0. The lowest BCUT2D eigenvalue weighted by molar-refractivity contribution is -0.180. The fourth-order valence-electron chi connectivity index (χ4n) is 3.45. The van der Waals surface area contributed by atoms with Gasteiger partial charge in [0, 0.05) is 12.5 Å². The van der Waals surface area contributed by atoms with Crippen molar-refractivity contribution in [2.45, 2.75) is 64.5 Å². The van der Waals surface area contributed by atoms with E-state index in [1.54, 1.807) is 7.11 Å². The summed E-state index contributed by atoms with van der Waals surface area (Å²) in [7, 11) is 1.60. The van der Waals surface area contributed by atoms with Crippen LogP contribution in [0.1, 0.15) is 38.8 Å². The first-order chi connectivity index (χ1) is 12.3. The zero-order chi connectivity index (χ0) is 18.9. The molecule has 0 unspecified atom stereocenters. The summed E-state index contributed by atoms with van der Waals surface area (Å²) in [6.45, 7) is 7.36. The highest BCUT2D eigenvalue weighted by molar-refractivity contribution is 5.66. The van der Waals surface area contributed by atoms with Gasteiger partial charge in [0.25, 0.3) is 0 Å². The van der Waals surface area contributed by atoms with E-state index in [2.05, 4.69) is 0 Å². The second kappa shape index (κ2) is 7.39. The smallest absolute Gasteiger partial charge is 0.302 e. The molecule has 2 heterocycles. The number of methoxy groups -OCH3 is 1. The van der Waals surface area contributed by atoms with Crippen LogP contribution in [-0.4, -0.2) is 43.3 Å². The average Bonchev–Trinajstić information content (AvgIpc) is 3.05. The van der Waals surface area contributed by atoms with Gasteiger partial charge < -0.3 is 23.7 Å². The first-order valence-electron chi connectivity index (χ1n) is 8.79. The molecule has 3 rings (SSSR count).